The van der Waals surface area contributed by atoms with Crippen LogP contribution in [-0.2, 0) is 11.8 Å². The van der Waals surface area contributed by atoms with Crippen LogP contribution < -0.4 is 34.7 Å². The molecule has 60 valence electrons. The molecule has 1 unspecified atom stereocenters. The summed E-state index contributed by atoms with van der Waals surface area (Å²) in [5.41, 5.74) is 0. The molecule has 0 fully saturated rings. The molecule has 0 spiro atoms. The van der Waals surface area contributed by atoms with Crippen LogP contribution in [-0.4, -0.2) is 20.6 Å². The minimum absolute atomic E-state index is 0. The largest absolute Gasteiger partial charge is 1.00 e. The number of nitrogens with zero attached hydrogens (tertiary/aromatic N) is 2. The second kappa shape index (κ2) is 4.61. The fraction of sp³-hybridized carbons (Fsp3) is 0.333. The van der Waals surface area contributed by atoms with Crippen LogP contribution in [0.1, 0.15) is 11.9 Å². The van der Waals surface area contributed by atoms with E-state index in [1.807, 2.05) is 0 Å². The first-order chi connectivity index (χ1) is 5.13. The van der Waals surface area contributed by atoms with Gasteiger partial charge in [0, 0.05) is 19.4 Å². The van der Waals surface area contributed by atoms with Crippen molar-refractivity contribution in [2.24, 2.45) is 7.05 Å². The van der Waals surface area contributed by atoms with Crippen LogP contribution in [0.4, 0.5) is 0 Å². The van der Waals surface area contributed by atoms with E-state index in [9.17, 15) is 9.90 Å². The van der Waals surface area contributed by atoms with E-state index >= 15 is 0 Å². The SMILES string of the molecule is Cn1ccnc1C(O)C(=O)[O-].[Na+]. The number of carboxylic acid groups (broad SMARTS) is 1. The van der Waals surface area contributed by atoms with Gasteiger partial charge in [-0.05, 0) is 0 Å². The number of carbonyl (C=O) groups is 1. The number of carbonyl (C=O) groups excluding carboxylic acids is 1. The summed E-state index contributed by atoms with van der Waals surface area (Å²) in [5, 5.41) is 19.1. The molecule has 1 aromatic rings. The maximum absolute atomic E-state index is 10.1. The predicted molar refractivity (Wildman–Crippen MR) is 33.2 cm³/mol. The van der Waals surface area contributed by atoms with E-state index in [1.54, 1.807) is 13.2 Å². The second-order valence-electron chi connectivity index (χ2n) is 2.12. The van der Waals surface area contributed by atoms with Crippen LogP contribution in [0.2, 0.25) is 0 Å². The van der Waals surface area contributed by atoms with Crippen molar-refractivity contribution in [1.29, 1.82) is 0 Å². The third-order valence-corrected chi connectivity index (χ3v) is 1.33. The molecule has 0 bridgehead atoms. The van der Waals surface area contributed by atoms with Gasteiger partial charge in [-0.25, -0.2) is 4.98 Å². The molecule has 1 aromatic heterocycles. The van der Waals surface area contributed by atoms with Crippen LogP contribution in [0.15, 0.2) is 12.4 Å². The molecule has 0 aliphatic rings. The molecule has 0 saturated heterocycles. The summed E-state index contributed by atoms with van der Waals surface area (Å²) in [5.74, 6) is -1.47. The van der Waals surface area contributed by atoms with Crippen molar-refractivity contribution in [3.8, 4) is 0 Å². The molecule has 1 rings (SSSR count). The first-order valence-electron chi connectivity index (χ1n) is 2.99. The Kier molecular flexibility index (Phi) is 4.47. The van der Waals surface area contributed by atoms with E-state index in [2.05, 4.69) is 4.98 Å². The topological polar surface area (TPSA) is 78.2 Å². The van der Waals surface area contributed by atoms with Crippen LogP contribution in [0.3, 0.4) is 0 Å². The van der Waals surface area contributed by atoms with Gasteiger partial charge >= 0.3 is 29.6 Å². The van der Waals surface area contributed by atoms with Gasteiger partial charge in [0.05, 0.1) is 5.97 Å². The normalized spacial score (nSPS) is 11.8. The first kappa shape index (κ1) is 11.6. The maximum Gasteiger partial charge on any atom is 1.00 e. The fourth-order valence-electron chi connectivity index (χ4n) is 0.746. The van der Waals surface area contributed by atoms with Gasteiger partial charge in [0.2, 0.25) is 0 Å². The van der Waals surface area contributed by atoms with Gasteiger partial charge in [-0.15, -0.1) is 0 Å². The summed E-state index contributed by atoms with van der Waals surface area (Å²) in [7, 11) is 1.59. The zero-order valence-electron chi connectivity index (χ0n) is 6.89. The van der Waals surface area contributed by atoms with Crippen molar-refractivity contribution in [2.75, 3.05) is 0 Å². The van der Waals surface area contributed by atoms with E-state index in [1.165, 1.54) is 10.8 Å². The van der Waals surface area contributed by atoms with Crippen molar-refractivity contribution in [1.82, 2.24) is 9.55 Å². The standard InChI is InChI=1S/C6H8N2O3.Na/c1-8-3-2-7-5(8)4(9)6(10)11;/h2-4,9H,1H3,(H,10,11);/q;+1/p-1. The number of aryl methyl sites for hydroxylation is 1. The van der Waals surface area contributed by atoms with E-state index in [-0.39, 0.29) is 35.4 Å². The monoisotopic (exact) mass is 178 g/mol. The Hall–Kier alpha value is -0.360. The number of hydrogen-bond donors (Lipinski definition) is 1. The number of aromatic nitrogens is 2. The van der Waals surface area contributed by atoms with Gasteiger partial charge in [-0.1, -0.05) is 0 Å². The third-order valence-electron chi connectivity index (χ3n) is 1.33. The molecule has 0 radical (unpaired) electrons. The Labute approximate surface area is 91.3 Å². The Morgan fingerprint density at radius 1 is 1.83 bits per heavy atom. The summed E-state index contributed by atoms with van der Waals surface area (Å²) < 4.78 is 1.42. The molecule has 1 heterocycles. The molecule has 0 saturated carbocycles. The molecule has 0 aromatic carbocycles. The van der Waals surface area contributed by atoms with E-state index in [0.717, 1.165) is 0 Å². The number of carboxylic acids is 1. The van der Waals surface area contributed by atoms with Gasteiger partial charge < -0.3 is 19.6 Å². The average Bonchev–Trinajstić information content (AvgIpc) is 2.33. The summed E-state index contributed by atoms with van der Waals surface area (Å²) >= 11 is 0. The molecule has 6 heteroatoms. The van der Waals surface area contributed by atoms with Crippen molar-refractivity contribution in [3.63, 3.8) is 0 Å². The molecule has 0 aliphatic heterocycles. The second-order valence-corrected chi connectivity index (χ2v) is 2.12. The Bertz CT molecular complexity index is 274. The Morgan fingerprint density at radius 2 is 2.42 bits per heavy atom. The number of rotatable bonds is 2. The van der Waals surface area contributed by atoms with E-state index in [4.69, 9.17) is 5.11 Å². The van der Waals surface area contributed by atoms with Crippen molar-refractivity contribution in [3.05, 3.63) is 18.2 Å². The molecular weight excluding hydrogens is 171 g/mol. The summed E-state index contributed by atoms with van der Waals surface area (Å²) in [4.78, 5) is 13.8. The molecular formula is C6H7N2NaO3. The zero-order valence-corrected chi connectivity index (χ0v) is 8.89. The van der Waals surface area contributed by atoms with Gasteiger partial charge in [-0.2, -0.15) is 0 Å². The minimum atomic E-state index is -1.64. The molecule has 5 nitrogen and oxygen atoms in total. The summed E-state index contributed by atoms with van der Waals surface area (Å²) in [6, 6.07) is 0. The minimum Gasteiger partial charge on any atom is -0.547 e. The van der Waals surface area contributed by atoms with Crippen LogP contribution >= 0.6 is 0 Å². The van der Waals surface area contributed by atoms with Gasteiger partial charge in [0.1, 0.15) is 5.82 Å². The van der Waals surface area contributed by atoms with Crippen molar-refractivity contribution >= 4 is 5.97 Å². The van der Waals surface area contributed by atoms with Crippen LogP contribution in [0.5, 0.6) is 0 Å². The number of aliphatic hydroxyl groups excluding tert-OH is 1. The Balaban J connectivity index is 0.00000121. The third kappa shape index (κ3) is 2.31. The molecule has 1 N–H and O–H groups in total. The fourth-order valence-corrected chi connectivity index (χ4v) is 0.746. The van der Waals surface area contributed by atoms with Crippen LogP contribution in [0.25, 0.3) is 0 Å². The molecule has 0 aliphatic carbocycles. The van der Waals surface area contributed by atoms with Crippen LogP contribution in [0, 0.1) is 0 Å². The Morgan fingerprint density at radius 3 is 2.75 bits per heavy atom. The van der Waals surface area contributed by atoms with Crippen molar-refractivity contribution in [2.45, 2.75) is 6.10 Å². The zero-order chi connectivity index (χ0) is 8.43. The average molecular weight is 178 g/mol. The number of aliphatic carboxylic acids is 1. The van der Waals surface area contributed by atoms with Gasteiger partial charge in [-0.3, -0.25) is 0 Å². The van der Waals surface area contributed by atoms with Gasteiger partial charge in [0.15, 0.2) is 6.10 Å². The maximum atomic E-state index is 10.1. The summed E-state index contributed by atoms with van der Waals surface area (Å²) in [6.07, 6.45) is 1.30. The predicted octanol–water partition coefficient (Wildman–Crippen LogP) is -4.79. The first-order valence-corrected chi connectivity index (χ1v) is 2.99. The quantitative estimate of drug-likeness (QED) is 0.461. The number of aliphatic hydroxyl groups is 1. The van der Waals surface area contributed by atoms with E-state index in [0.29, 0.717) is 0 Å². The van der Waals surface area contributed by atoms with E-state index < -0.39 is 12.1 Å². The smallest absolute Gasteiger partial charge is 0.547 e. The number of hydrogen-bond acceptors (Lipinski definition) is 4. The molecule has 1 atom stereocenters. The molecule has 12 heavy (non-hydrogen) atoms. The summed E-state index contributed by atoms with van der Waals surface area (Å²) in [6.45, 7) is 0. The molecule has 0 amide bonds. The van der Waals surface area contributed by atoms with Gasteiger partial charge in [0.25, 0.3) is 0 Å². The van der Waals surface area contributed by atoms with Crippen molar-refractivity contribution < 1.29 is 44.6 Å². The number of imidazole rings is 1.